The van der Waals surface area contributed by atoms with Crippen molar-refractivity contribution in [2.45, 2.75) is 12.5 Å². The summed E-state index contributed by atoms with van der Waals surface area (Å²) < 4.78 is 13.7. The van der Waals surface area contributed by atoms with E-state index in [0.29, 0.717) is 0 Å². The Labute approximate surface area is 75.0 Å². The first-order valence-corrected chi connectivity index (χ1v) is 4.90. The minimum atomic E-state index is -4.35. The highest BCUT2D eigenvalue weighted by molar-refractivity contribution is 7.46. The fourth-order valence-electron chi connectivity index (χ4n) is 0.189. The fraction of sp³-hybridized carbons (Fsp3) is 1.00. The van der Waals surface area contributed by atoms with Gasteiger partial charge in [-0.2, -0.15) is 0 Å². The molecule has 0 radical (unpaired) electrons. The predicted octanol–water partition coefficient (Wildman–Crippen LogP) is -0.349. The van der Waals surface area contributed by atoms with Gasteiger partial charge in [-0.15, -0.1) is 0 Å². The quantitative estimate of drug-likeness (QED) is 0.384. The Balaban J connectivity index is 0. The van der Waals surface area contributed by atoms with Crippen molar-refractivity contribution in [1.29, 1.82) is 0 Å². The molecule has 0 aliphatic heterocycles. The molecule has 0 fully saturated rings. The second-order valence-electron chi connectivity index (χ2n) is 1.59. The number of alkyl halides is 1. The van der Waals surface area contributed by atoms with E-state index in [2.05, 4.69) is 4.52 Å². The summed E-state index contributed by atoms with van der Waals surface area (Å²) in [5, 5.41) is 15.2. The maximum atomic E-state index is 9.83. The molecule has 0 aliphatic rings. The van der Waals surface area contributed by atoms with Crippen molar-refractivity contribution in [3.8, 4) is 0 Å². The lowest BCUT2D eigenvalue weighted by Crippen LogP contribution is -1.95. The summed E-state index contributed by atoms with van der Waals surface area (Å²) >= 11 is 5.05. The van der Waals surface area contributed by atoms with Gasteiger partial charge in [0.25, 0.3) is 0 Å². The molecule has 0 aromatic rings. The number of aliphatic hydroxyl groups excluding tert-OH is 2. The minimum Gasteiger partial charge on any atom is -0.394 e. The lowest BCUT2D eigenvalue weighted by Gasteiger charge is -2.04. The van der Waals surface area contributed by atoms with Crippen molar-refractivity contribution in [1.82, 2.24) is 0 Å². The van der Waals surface area contributed by atoms with E-state index in [9.17, 15) is 4.57 Å². The van der Waals surface area contributed by atoms with Crippen LogP contribution in [-0.4, -0.2) is 38.8 Å². The van der Waals surface area contributed by atoms with Gasteiger partial charge in [-0.3, -0.25) is 4.52 Å². The molecule has 76 valence electrons. The highest BCUT2D eigenvalue weighted by Gasteiger charge is 2.16. The molecule has 0 aromatic carbocycles. The molecule has 1 atom stereocenters. The topological polar surface area (TPSA) is 107 Å². The maximum absolute atomic E-state index is 9.83. The van der Waals surface area contributed by atoms with E-state index in [1.807, 2.05) is 0 Å². The third-order valence-corrected chi connectivity index (χ3v) is 1.19. The summed E-state index contributed by atoms with van der Waals surface area (Å²) in [7, 11) is -4.35. The molecule has 0 rings (SSSR count). The molecule has 0 bridgehead atoms. The average Bonchev–Trinajstić information content (AvgIpc) is 1.83. The standard InChI is InChI=1S/C2H6ClO4P.C2H6O2/c1-2(3)7-8(4,5)6;3-1-2-4/h2H,1H3,(H2,4,5,6);3-4H,1-2H2. The SMILES string of the molecule is CC(Cl)OP(=O)(O)O.OCCO. The predicted molar refractivity (Wildman–Crippen MR) is 42.6 cm³/mol. The highest BCUT2D eigenvalue weighted by atomic mass is 35.5. The Hall–Kier alpha value is 0.320. The summed E-state index contributed by atoms with van der Waals surface area (Å²) in [6, 6.07) is 0. The van der Waals surface area contributed by atoms with Gasteiger partial charge in [0.15, 0.2) is 0 Å². The highest BCUT2D eigenvalue weighted by Crippen LogP contribution is 2.38. The van der Waals surface area contributed by atoms with Crippen molar-refractivity contribution in [2.24, 2.45) is 0 Å². The van der Waals surface area contributed by atoms with Crippen molar-refractivity contribution < 1.29 is 29.1 Å². The second-order valence-corrected chi connectivity index (χ2v) is 3.39. The van der Waals surface area contributed by atoms with E-state index in [1.165, 1.54) is 6.92 Å². The van der Waals surface area contributed by atoms with Gasteiger partial charge in [0.05, 0.1) is 13.2 Å². The van der Waals surface area contributed by atoms with Crippen LogP contribution in [0.5, 0.6) is 0 Å². The lowest BCUT2D eigenvalue weighted by atomic mass is 10.8. The van der Waals surface area contributed by atoms with E-state index in [4.69, 9.17) is 31.6 Å². The fourth-order valence-corrected chi connectivity index (χ4v) is 0.879. The van der Waals surface area contributed by atoms with Gasteiger partial charge in [-0.05, 0) is 6.92 Å². The smallest absolute Gasteiger partial charge is 0.394 e. The Morgan fingerprint density at radius 1 is 1.42 bits per heavy atom. The molecule has 4 N–H and O–H groups in total. The van der Waals surface area contributed by atoms with Crippen LogP contribution >= 0.6 is 19.4 Å². The van der Waals surface area contributed by atoms with Crippen molar-refractivity contribution in [2.75, 3.05) is 13.2 Å². The summed E-state index contributed by atoms with van der Waals surface area (Å²) in [5.74, 6) is 0. The zero-order chi connectivity index (χ0) is 10.2. The third kappa shape index (κ3) is 22.4. The first-order chi connectivity index (χ1) is 5.33. The van der Waals surface area contributed by atoms with Crippen LogP contribution in [-0.2, 0) is 9.09 Å². The van der Waals surface area contributed by atoms with E-state index >= 15 is 0 Å². The molecule has 0 aliphatic carbocycles. The largest absolute Gasteiger partial charge is 0.471 e. The first-order valence-electron chi connectivity index (χ1n) is 2.93. The molecule has 0 amide bonds. The van der Waals surface area contributed by atoms with Crippen molar-refractivity contribution >= 4 is 19.4 Å². The van der Waals surface area contributed by atoms with Gasteiger partial charge >= 0.3 is 7.82 Å². The second kappa shape index (κ2) is 7.94. The zero-order valence-corrected chi connectivity index (χ0v) is 8.07. The van der Waals surface area contributed by atoms with Crippen molar-refractivity contribution in [3.63, 3.8) is 0 Å². The number of phosphoric ester groups is 1. The molecule has 0 saturated carbocycles. The van der Waals surface area contributed by atoms with Crippen molar-refractivity contribution in [3.05, 3.63) is 0 Å². The molecule has 8 heteroatoms. The molecule has 0 heterocycles. The third-order valence-electron chi connectivity index (χ3n) is 0.383. The van der Waals surface area contributed by atoms with Crippen LogP contribution in [0.15, 0.2) is 0 Å². The van der Waals surface area contributed by atoms with Crippen LogP contribution in [0.4, 0.5) is 0 Å². The van der Waals surface area contributed by atoms with E-state index < -0.39 is 13.4 Å². The number of hydrogen-bond donors (Lipinski definition) is 4. The van der Waals surface area contributed by atoms with E-state index in [1.54, 1.807) is 0 Å². The first kappa shape index (κ1) is 14.8. The van der Waals surface area contributed by atoms with Crippen LogP contribution in [0.1, 0.15) is 6.92 Å². The molecular weight excluding hydrogens is 210 g/mol. The van der Waals surface area contributed by atoms with Crippen LogP contribution in [0.2, 0.25) is 0 Å². The summed E-state index contributed by atoms with van der Waals surface area (Å²) in [6.45, 7) is 1.07. The number of phosphoric acid groups is 1. The molecule has 0 saturated heterocycles. The normalized spacial score (nSPS) is 13.2. The van der Waals surface area contributed by atoms with E-state index in [0.717, 1.165) is 0 Å². The average molecular weight is 223 g/mol. The molecule has 6 nitrogen and oxygen atoms in total. The van der Waals surface area contributed by atoms with Gasteiger partial charge in [-0.1, -0.05) is 11.6 Å². The Bertz CT molecular complexity index is 132. The van der Waals surface area contributed by atoms with Crippen LogP contribution in [0.25, 0.3) is 0 Å². The molecular formula is C4H12ClO6P. The maximum Gasteiger partial charge on any atom is 0.471 e. The number of rotatable bonds is 3. The van der Waals surface area contributed by atoms with Crippen LogP contribution in [0.3, 0.4) is 0 Å². The number of halogens is 1. The molecule has 1 unspecified atom stereocenters. The van der Waals surface area contributed by atoms with Crippen LogP contribution < -0.4 is 0 Å². The Morgan fingerprint density at radius 2 is 1.75 bits per heavy atom. The molecule has 0 spiro atoms. The number of aliphatic hydroxyl groups is 2. The molecule has 12 heavy (non-hydrogen) atoms. The monoisotopic (exact) mass is 222 g/mol. The van der Waals surface area contributed by atoms with Gasteiger partial charge in [-0.25, -0.2) is 4.57 Å². The van der Waals surface area contributed by atoms with Crippen LogP contribution in [0, 0.1) is 0 Å². The Morgan fingerprint density at radius 3 is 1.75 bits per heavy atom. The van der Waals surface area contributed by atoms with Gasteiger partial charge < -0.3 is 20.0 Å². The van der Waals surface area contributed by atoms with E-state index in [-0.39, 0.29) is 13.2 Å². The van der Waals surface area contributed by atoms with Gasteiger partial charge in [0.2, 0.25) is 0 Å². The zero-order valence-electron chi connectivity index (χ0n) is 6.42. The van der Waals surface area contributed by atoms with Gasteiger partial charge in [0.1, 0.15) is 5.56 Å². The van der Waals surface area contributed by atoms with Gasteiger partial charge in [0, 0.05) is 0 Å². The summed E-state index contributed by atoms with van der Waals surface area (Å²) in [4.78, 5) is 16.0. The Kier molecular flexibility index (Phi) is 9.81. The lowest BCUT2D eigenvalue weighted by molar-refractivity contribution is 0.186. The summed E-state index contributed by atoms with van der Waals surface area (Å²) in [5.41, 5.74) is -0.948. The summed E-state index contributed by atoms with van der Waals surface area (Å²) in [6.07, 6.45) is 0. The minimum absolute atomic E-state index is 0.125. The molecule has 0 aromatic heterocycles. The number of hydrogen-bond acceptors (Lipinski definition) is 4.